The van der Waals surface area contributed by atoms with E-state index in [1.165, 1.54) is 0 Å². The van der Waals surface area contributed by atoms with E-state index in [0.29, 0.717) is 30.7 Å². The zero-order valence-electron chi connectivity index (χ0n) is 21.4. The molecule has 0 atom stereocenters. The zero-order chi connectivity index (χ0) is 26.3. The molecule has 2 aromatic heterocycles. The Bertz CT molecular complexity index is 1370. The van der Waals surface area contributed by atoms with Gasteiger partial charge in [0.25, 0.3) is 5.88 Å². The van der Waals surface area contributed by atoms with Crippen LogP contribution in [0.15, 0.2) is 54.7 Å². The number of nitrogens with zero attached hydrogens (tertiary/aromatic N) is 4. The Hall–Kier alpha value is -4.38. The van der Waals surface area contributed by atoms with Crippen molar-refractivity contribution in [3.8, 4) is 11.6 Å². The van der Waals surface area contributed by atoms with Gasteiger partial charge in [0.15, 0.2) is 11.6 Å². The molecular weight excluding hydrogens is 486 g/mol. The highest BCUT2D eigenvalue weighted by atomic mass is 16.5. The molecule has 6 rings (SSSR count). The van der Waals surface area contributed by atoms with Crippen molar-refractivity contribution in [2.75, 3.05) is 56.1 Å². The molecule has 1 aliphatic carbocycles. The van der Waals surface area contributed by atoms with E-state index in [1.54, 1.807) is 20.4 Å². The molecule has 3 N–H and O–H groups in total. The molecule has 1 amide bonds. The van der Waals surface area contributed by atoms with Crippen molar-refractivity contribution < 1.29 is 19.0 Å². The lowest BCUT2D eigenvalue weighted by Crippen LogP contribution is -2.36. The van der Waals surface area contributed by atoms with E-state index >= 15 is 0 Å². The van der Waals surface area contributed by atoms with Crippen LogP contribution in [-0.4, -0.2) is 66.6 Å². The van der Waals surface area contributed by atoms with Gasteiger partial charge in [-0.05, 0) is 49.2 Å². The van der Waals surface area contributed by atoms with E-state index in [9.17, 15) is 4.79 Å². The summed E-state index contributed by atoms with van der Waals surface area (Å²) in [6.45, 7) is 2.98. The lowest BCUT2D eigenvalue weighted by Gasteiger charge is -2.27. The molecule has 2 aromatic carbocycles. The van der Waals surface area contributed by atoms with Crippen LogP contribution in [0, 0.1) is 5.92 Å². The van der Waals surface area contributed by atoms with Crippen molar-refractivity contribution in [2.45, 2.75) is 12.8 Å². The van der Waals surface area contributed by atoms with Crippen molar-refractivity contribution in [3.63, 3.8) is 0 Å². The predicted octanol–water partition coefficient (Wildman–Crippen LogP) is 3.99. The van der Waals surface area contributed by atoms with Crippen LogP contribution in [0.5, 0.6) is 11.6 Å². The molecular formula is C27H31N7O4. The molecule has 2 fully saturated rings. The van der Waals surface area contributed by atoms with Gasteiger partial charge in [0, 0.05) is 30.1 Å². The molecule has 4 aromatic rings. The number of anilines is 4. The second-order valence-corrected chi connectivity index (χ2v) is 8.92. The summed E-state index contributed by atoms with van der Waals surface area (Å²) in [7, 11) is 3.20. The Morgan fingerprint density at radius 1 is 1.03 bits per heavy atom. The topological polar surface area (TPSA) is 127 Å². The standard InChI is InChI=1S/C16H18N6O2.C11H13NO2/c1-23-16-15(18-13(10-17-16)22-6-8-24-9-7-22)19-14-11-4-2-3-5-12(11)20-21-14;1-14-10-6-4-9(5-7-10)12-11(13)8-2-3-8/h2-5,10H,6-9H2,1H3,(H2,18,19,20,21);4-8H,2-3H2,1H3,(H,12,13). The lowest BCUT2D eigenvalue weighted by atomic mass is 10.2. The predicted molar refractivity (Wildman–Crippen MR) is 145 cm³/mol. The molecule has 11 heteroatoms. The van der Waals surface area contributed by atoms with Crippen molar-refractivity contribution >= 4 is 40.0 Å². The fourth-order valence-corrected chi connectivity index (χ4v) is 3.98. The van der Waals surface area contributed by atoms with Crippen molar-refractivity contribution in [1.82, 2.24) is 20.2 Å². The lowest BCUT2D eigenvalue weighted by molar-refractivity contribution is -0.117. The zero-order valence-corrected chi connectivity index (χ0v) is 21.4. The molecule has 11 nitrogen and oxygen atoms in total. The maximum absolute atomic E-state index is 11.4. The number of nitrogens with one attached hydrogen (secondary N) is 3. The quantitative estimate of drug-likeness (QED) is 0.334. The molecule has 198 valence electrons. The van der Waals surface area contributed by atoms with Gasteiger partial charge in [0.1, 0.15) is 11.6 Å². The summed E-state index contributed by atoms with van der Waals surface area (Å²) in [6.07, 6.45) is 3.78. The van der Waals surface area contributed by atoms with Crippen LogP contribution >= 0.6 is 0 Å². The minimum atomic E-state index is 0.134. The number of rotatable bonds is 7. The van der Waals surface area contributed by atoms with Crippen LogP contribution in [0.25, 0.3) is 10.9 Å². The normalized spacial score (nSPS) is 14.8. The second-order valence-electron chi connectivity index (χ2n) is 8.92. The molecule has 1 aliphatic heterocycles. The Kier molecular flexibility index (Phi) is 7.84. The first-order valence-electron chi connectivity index (χ1n) is 12.5. The fourth-order valence-electron chi connectivity index (χ4n) is 3.98. The summed E-state index contributed by atoms with van der Waals surface area (Å²) in [5.41, 5.74) is 1.79. The molecule has 2 aliphatic rings. The summed E-state index contributed by atoms with van der Waals surface area (Å²) >= 11 is 0. The number of methoxy groups -OCH3 is 2. The number of morpholine rings is 1. The SMILES string of the molecule is COc1ccc(NC(=O)C2CC2)cc1.COc1ncc(N2CCOCC2)nc1Nc1n[nH]c2ccccc12. The van der Waals surface area contributed by atoms with Crippen molar-refractivity contribution in [2.24, 2.45) is 5.92 Å². The highest BCUT2D eigenvalue weighted by Crippen LogP contribution is 2.31. The molecule has 0 radical (unpaired) electrons. The van der Waals surface area contributed by atoms with Crippen molar-refractivity contribution in [3.05, 3.63) is 54.7 Å². The number of carbonyl (C=O) groups excluding carboxylic acids is 1. The fraction of sp³-hybridized carbons (Fsp3) is 0.333. The van der Waals surface area contributed by atoms with E-state index in [4.69, 9.17) is 14.2 Å². The first-order chi connectivity index (χ1) is 18.6. The van der Waals surface area contributed by atoms with Crippen LogP contribution in [0.1, 0.15) is 12.8 Å². The van der Waals surface area contributed by atoms with Gasteiger partial charge in [-0.25, -0.2) is 9.97 Å². The second kappa shape index (κ2) is 11.8. The number of ether oxygens (including phenoxy) is 3. The summed E-state index contributed by atoms with van der Waals surface area (Å²) in [5.74, 6) is 3.64. The smallest absolute Gasteiger partial charge is 0.257 e. The van der Waals surface area contributed by atoms with Crippen LogP contribution in [-0.2, 0) is 9.53 Å². The summed E-state index contributed by atoms with van der Waals surface area (Å²) < 4.78 is 15.7. The molecule has 0 bridgehead atoms. The molecule has 3 heterocycles. The Morgan fingerprint density at radius 3 is 2.50 bits per heavy atom. The van der Waals surface area contributed by atoms with E-state index in [-0.39, 0.29) is 11.8 Å². The number of hydrogen-bond donors (Lipinski definition) is 3. The monoisotopic (exact) mass is 517 g/mol. The summed E-state index contributed by atoms with van der Waals surface area (Å²) in [4.78, 5) is 22.6. The first kappa shape index (κ1) is 25.3. The third kappa shape index (κ3) is 6.12. The van der Waals surface area contributed by atoms with Gasteiger partial charge in [-0.3, -0.25) is 9.89 Å². The summed E-state index contributed by atoms with van der Waals surface area (Å²) in [6, 6.07) is 15.3. The number of aromatic amines is 1. The number of fused-ring (bicyclic) bond motifs is 1. The maximum Gasteiger partial charge on any atom is 0.257 e. The molecule has 0 spiro atoms. The van der Waals surface area contributed by atoms with Crippen LogP contribution < -0.4 is 25.0 Å². The first-order valence-corrected chi connectivity index (χ1v) is 12.5. The molecule has 1 saturated heterocycles. The number of para-hydroxylation sites is 1. The number of benzene rings is 2. The summed E-state index contributed by atoms with van der Waals surface area (Å²) in [5, 5.41) is 14.4. The van der Waals surface area contributed by atoms with Gasteiger partial charge < -0.3 is 29.7 Å². The largest absolute Gasteiger partial charge is 0.497 e. The highest BCUT2D eigenvalue weighted by Gasteiger charge is 2.29. The van der Waals surface area contributed by atoms with Crippen molar-refractivity contribution in [1.29, 1.82) is 0 Å². The van der Waals surface area contributed by atoms with Gasteiger partial charge in [0.2, 0.25) is 5.91 Å². The van der Waals surface area contributed by atoms with Gasteiger partial charge >= 0.3 is 0 Å². The van der Waals surface area contributed by atoms with E-state index in [1.807, 2.05) is 48.5 Å². The van der Waals surface area contributed by atoms with Crippen LogP contribution in [0.3, 0.4) is 0 Å². The van der Waals surface area contributed by atoms with Crippen LogP contribution in [0.4, 0.5) is 23.1 Å². The van der Waals surface area contributed by atoms with Crippen LogP contribution in [0.2, 0.25) is 0 Å². The number of carbonyl (C=O) groups is 1. The number of hydrogen-bond acceptors (Lipinski definition) is 9. The minimum absolute atomic E-state index is 0.134. The molecule has 0 unspecified atom stereocenters. The average molecular weight is 518 g/mol. The van der Waals surface area contributed by atoms with Gasteiger partial charge in [-0.1, -0.05) is 12.1 Å². The Balaban J connectivity index is 0.000000179. The average Bonchev–Trinajstić information content (AvgIpc) is 3.76. The van der Waals surface area contributed by atoms with E-state index in [0.717, 1.165) is 54.1 Å². The van der Waals surface area contributed by atoms with E-state index in [2.05, 4.69) is 35.7 Å². The number of amides is 1. The number of aromatic nitrogens is 4. The van der Waals surface area contributed by atoms with Gasteiger partial charge in [-0.2, -0.15) is 5.10 Å². The highest BCUT2D eigenvalue weighted by molar-refractivity contribution is 5.94. The third-order valence-corrected chi connectivity index (χ3v) is 6.27. The molecule has 1 saturated carbocycles. The number of H-pyrrole nitrogens is 1. The van der Waals surface area contributed by atoms with E-state index < -0.39 is 0 Å². The Morgan fingerprint density at radius 2 is 1.79 bits per heavy atom. The maximum atomic E-state index is 11.4. The Labute approximate surface area is 220 Å². The third-order valence-electron chi connectivity index (χ3n) is 6.27. The molecule has 38 heavy (non-hydrogen) atoms. The minimum Gasteiger partial charge on any atom is -0.497 e. The van der Waals surface area contributed by atoms with Gasteiger partial charge in [0.05, 0.1) is 39.1 Å². The van der Waals surface area contributed by atoms with Gasteiger partial charge in [-0.15, -0.1) is 0 Å².